The number of ether oxygens (including phenoxy) is 2. The number of rotatable bonds is 5. The summed E-state index contributed by atoms with van der Waals surface area (Å²) < 4.78 is 10.00. The zero-order chi connectivity index (χ0) is 17.7. The third-order valence-electron chi connectivity index (χ3n) is 3.56. The summed E-state index contributed by atoms with van der Waals surface area (Å²) >= 11 is 0. The fraction of sp³-hybridized carbons (Fsp3) is 0.222. The van der Waals surface area contributed by atoms with Crippen LogP contribution < -0.4 is 10.1 Å². The number of methoxy groups -OCH3 is 1. The molecule has 2 aromatic rings. The Bertz CT molecular complexity index is 770. The molecule has 2 rings (SSSR count). The molecule has 0 aliphatic heterocycles. The Labute approximate surface area is 140 Å². The van der Waals surface area contributed by atoms with E-state index in [9.17, 15) is 14.7 Å². The summed E-state index contributed by atoms with van der Waals surface area (Å²) in [7, 11) is 1.21. The van der Waals surface area contributed by atoms with E-state index in [-0.39, 0.29) is 23.6 Å². The number of amides is 1. The number of aromatic hydroxyl groups is 1. The van der Waals surface area contributed by atoms with Gasteiger partial charge in [-0.15, -0.1) is 0 Å². The maximum atomic E-state index is 12.0. The monoisotopic (exact) mass is 329 g/mol. The maximum Gasteiger partial charge on any atom is 0.341 e. The Hall–Kier alpha value is -3.02. The zero-order valence-corrected chi connectivity index (χ0v) is 13.8. The normalized spacial score (nSPS) is 10.1. The first-order valence-electron chi connectivity index (χ1n) is 7.32. The Morgan fingerprint density at radius 1 is 1.12 bits per heavy atom. The zero-order valence-electron chi connectivity index (χ0n) is 13.8. The molecule has 0 bridgehead atoms. The van der Waals surface area contributed by atoms with Gasteiger partial charge < -0.3 is 19.9 Å². The van der Waals surface area contributed by atoms with Crippen LogP contribution in [0.3, 0.4) is 0 Å². The number of carbonyl (C=O) groups is 2. The van der Waals surface area contributed by atoms with E-state index in [1.54, 1.807) is 6.07 Å². The highest BCUT2D eigenvalue weighted by atomic mass is 16.5. The molecule has 6 nitrogen and oxygen atoms in total. The van der Waals surface area contributed by atoms with Crippen LogP contribution in [0.1, 0.15) is 21.5 Å². The molecule has 2 N–H and O–H groups in total. The Morgan fingerprint density at radius 3 is 2.54 bits per heavy atom. The highest BCUT2D eigenvalue weighted by Crippen LogP contribution is 2.28. The van der Waals surface area contributed by atoms with Crippen molar-refractivity contribution in [1.82, 2.24) is 0 Å². The number of phenols is 1. The van der Waals surface area contributed by atoms with Gasteiger partial charge in [-0.1, -0.05) is 12.1 Å². The maximum absolute atomic E-state index is 12.0. The number of hydrogen-bond donors (Lipinski definition) is 2. The van der Waals surface area contributed by atoms with Gasteiger partial charge in [0.15, 0.2) is 12.4 Å². The Morgan fingerprint density at radius 2 is 1.88 bits per heavy atom. The van der Waals surface area contributed by atoms with Crippen molar-refractivity contribution in [3.8, 4) is 11.5 Å². The number of hydrogen-bond acceptors (Lipinski definition) is 5. The quantitative estimate of drug-likeness (QED) is 0.651. The van der Waals surface area contributed by atoms with Crippen LogP contribution in [-0.4, -0.2) is 30.7 Å². The van der Waals surface area contributed by atoms with Crippen LogP contribution in [0, 0.1) is 13.8 Å². The molecule has 0 aliphatic carbocycles. The first-order chi connectivity index (χ1) is 11.4. The average molecular weight is 329 g/mol. The molecule has 2 aromatic carbocycles. The topological polar surface area (TPSA) is 84.9 Å². The van der Waals surface area contributed by atoms with Gasteiger partial charge in [-0.3, -0.25) is 4.79 Å². The van der Waals surface area contributed by atoms with Crippen LogP contribution >= 0.6 is 0 Å². The molecule has 24 heavy (non-hydrogen) atoms. The van der Waals surface area contributed by atoms with Gasteiger partial charge in [-0.25, -0.2) is 4.79 Å². The number of phenolic OH excluding ortho intramolecular Hbond substituents is 1. The number of para-hydroxylation sites is 1. The van der Waals surface area contributed by atoms with Gasteiger partial charge >= 0.3 is 5.97 Å². The average Bonchev–Trinajstić information content (AvgIpc) is 2.57. The van der Waals surface area contributed by atoms with Gasteiger partial charge in [0.05, 0.1) is 12.8 Å². The first-order valence-corrected chi connectivity index (χ1v) is 7.32. The summed E-state index contributed by atoms with van der Waals surface area (Å²) in [6.07, 6.45) is 0. The molecular formula is C18H19NO5. The van der Waals surface area contributed by atoms with E-state index >= 15 is 0 Å². The standard InChI is InChI=1S/C18H19NO5/c1-11-7-8-13(9-12(11)2)24-10-16(20)19-15-6-4-5-14(17(15)21)18(22)23-3/h4-9,21H,10H2,1-3H3,(H,19,20). The van der Waals surface area contributed by atoms with Gasteiger partial charge in [0.25, 0.3) is 5.91 Å². The molecule has 0 aromatic heterocycles. The molecule has 0 heterocycles. The third kappa shape index (κ3) is 4.04. The molecular weight excluding hydrogens is 310 g/mol. The number of nitrogens with one attached hydrogen (secondary N) is 1. The van der Waals surface area contributed by atoms with Crippen molar-refractivity contribution in [2.45, 2.75) is 13.8 Å². The summed E-state index contributed by atoms with van der Waals surface area (Å²) in [6, 6.07) is 9.96. The molecule has 0 atom stereocenters. The number of aryl methyl sites for hydroxylation is 2. The molecule has 0 unspecified atom stereocenters. The van der Waals surface area contributed by atoms with E-state index in [0.29, 0.717) is 5.75 Å². The smallest absolute Gasteiger partial charge is 0.341 e. The van der Waals surface area contributed by atoms with Gasteiger partial charge in [-0.2, -0.15) is 0 Å². The lowest BCUT2D eigenvalue weighted by molar-refractivity contribution is -0.118. The van der Waals surface area contributed by atoms with Crippen molar-refractivity contribution in [3.63, 3.8) is 0 Å². The lowest BCUT2D eigenvalue weighted by Crippen LogP contribution is -2.20. The van der Waals surface area contributed by atoms with Crippen molar-refractivity contribution < 1.29 is 24.2 Å². The predicted molar refractivity (Wildman–Crippen MR) is 89.5 cm³/mol. The van der Waals surface area contributed by atoms with E-state index in [4.69, 9.17) is 4.74 Å². The predicted octanol–water partition coefficient (Wildman–Crippen LogP) is 2.81. The van der Waals surface area contributed by atoms with Crippen molar-refractivity contribution in [2.75, 3.05) is 19.0 Å². The summed E-state index contributed by atoms with van der Waals surface area (Å²) in [5, 5.41) is 12.5. The third-order valence-corrected chi connectivity index (χ3v) is 3.56. The molecule has 0 spiro atoms. The number of esters is 1. The van der Waals surface area contributed by atoms with E-state index < -0.39 is 11.9 Å². The fourth-order valence-corrected chi connectivity index (χ4v) is 2.06. The van der Waals surface area contributed by atoms with Gasteiger partial charge in [0.2, 0.25) is 0 Å². The summed E-state index contributed by atoms with van der Waals surface area (Å²) in [5.74, 6) is -0.898. The summed E-state index contributed by atoms with van der Waals surface area (Å²) in [5.41, 5.74) is 2.30. The lowest BCUT2D eigenvalue weighted by Gasteiger charge is -2.11. The Balaban J connectivity index is 2.02. The lowest BCUT2D eigenvalue weighted by atomic mass is 10.1. The SMILES string of the molecule is COC(=O)c1cccc(NC(=O)COc2ccc(C)c(C)c2)c1O. The van der Waals surface area contributed by atoms with Crippen LogP contribution in [0.25, 0.3) is 0 Å². The molecule has 126 valence electrons. The van der Waals surface area contributed by atoms with Crippen molar-refractivity contribution in [2.24, 2.45) is 0 Å². The van der Waals surface area contributed by atoms with Crippen LogP contribution in [0.4, 0.5) is 5.69 Å². The molecule has 1 amide bonds. The Kier molecular flexibility index (Phi) is 5.42. The minimum Gasteiger partial charge on any atom is -0.505 e. The molecule has 0 saturated heterocycles. The molecule has 0 aliphatic rings. The minimum atomic E-state index is -0.685. The first kappa shape index (κ1) is 17.3. The number of carbonyl (C=O) groups excluding carboxylic acids is 2. The van der Waals surface area contributed by atoms with Crippen LogP contribution in [0.5, 0.6) is 11.5 Å². The van der Waals surface area contributed by atoms with Gasteiger partial charge in [0.1, 0.15) is 11.3 Å². The van der Waals surface area contributed by atoms with E-state index in [0.717, 1.165) is 11.1 Å². The number of anilines is 1. The molecule has 0 radical (unpaired) electrons. The highest BCUT2D eigenvalue weighted by Gasteiger charge is 2.16. The molecule has 6 heteroatoms. The van der Waals surface area contributed by atoms with E-state index in [1.807, 2.05) is 26.0 Å². The van der Waals surface area contributed by atoms with Gasteiger partial charge in [0, 0.05) is 0 Å². The second-order valence-corrected chi connectivity index (χ2v) is 5.28. The fourth-order valence-electron chi connectivity index (χ4n) is 2.06. The molecule has 0 fully saturated rings. The number of benzene rings is 2. The van der Waals surface area contributed by atoms with Crippen LogP contribution in [-0.2, 0) is 9.53 Å². The highest BCUT2D eigenvalue weighted by molar-refractivity contribution is 5.98. The minimum absolute atomic E-state index is 0.0228. The summed E-state index contributed by atoms with van der Waals surface area (Å²) in [4.78, 5) is 23.5. The van der Waals surface area contributed by atoms with Crippen LogP contribution in [0.2, 0.25) is 0 Å². The van der Waals surface area contributed by atoms with E-state index in [1.165, 1.54) is 25.3 Å². The van der Waals surface area contributed by atoms with Crippen molar-refractivity contribution in [3.05, 3.63) is 53.1 Å². The van der Waals surface area contributed by atoms with Crippen molar-refractivity contribution in [1.29, 1.82) is 0 Å². The largest absolute Gasteiger partial charge is 0.505 e. The summed E-state index contributed by atoms with van der Waals surface area (Å²) in [6.45, 7) is 3.73. The van der Waals surface area contributed by atoms with Crippen molar-refractivity contribution >= 4 is 17.6 Å². The van der Waals surface area contributed by atoms with E-state index in [2.05, 4.69) is 10.1 Å². The van der Waals surface area contributed by atoms with Gasteiger partial charge in [-0.05, 0) is 49.2 Å². The molecule has 0 saturated carbocycles. The van der Waals surface area contributed by atoms with Crippen LogP contribution in [0.15, 0.2) is 36.4 Å². The second kappa shape index (κ2) is 7.50. The second-order valence-electron chi connectivity index (χ2n) is 5.28.